The van der Waals surface area contributed by atoms with Crippen LogP contribution >= 0.6 is 7.82 Å². The van der Waals surface area contributed by atoms with E-state index in [1.165, 1.54) is 83.5 Å². The first-order chi connectivity index (χ1) is 19.1. The van der Waals surface area contributed by atoms with E-state index in [4.69, 9.17) is 18.5 Å². The number of esters is 1. The van der Waals surface area contributed by atoms with Crippen LogP contribution in [-0.4, -0.2) is 75.6 Å². The zero-order valence-electron chi connectivity index (χ0n) is 26.8. The maximum atomic E-state index is 12.5. The number of hydrogen-bond donors (Lipinski definition) is 1. The maximum absolute atomic E-state index is 12.5. The largest absolute Gasteiger partial charge is 0.472 e. The van der Waals surface area contributed by atoms with Gasteiger partial charge in [-0.3, -0.25) is 13.8 Å². The van der Waals surface area contributed by atoms with Crippen LogP contribution in [0.1, 0.15) is 136 Å². The average molecular weight is 595 g/mol. The lowest BCUT2D eigenvalue weighted by molar-refractivity contribution is -0.870. The molecule has 0 aliphatic carbocycles. The van der Waals surface area contributed by atoms with Crippen molar-refractivity contribution in [2.75, 3.05) is 54.1 Å². The Morgan fingerprint density at radius 2 is 1.15 bits per heavy atom. The molecule has 0 aliphatic rings. The molecular formula is C31H65NO7P+. The summed E-state index contributed by atoms with van der Waals surface area (Å²) in [5, 5.41) is 0. The molecule has 0 aromatic rings. The van der Waals surface area contributed by atoms with Crippen molar-refractivity contribution in [3.63, 3.8) is 0 Å². The molecule has 8 nitrogen and oxygen atoms in total. The van der Waals surface area contributed by atoms with Gasteiger partial charge in [0.1, 0.15) is 19.3 Å². The molecule has 9 heteroatoms. The van der Waals surface area contributed by atoms with Crippen molar-refractivity contribution in [2.24, 2.45) is 0 Å². The number of nitrogens with zero attached hydrogens (tertiary/aromatic N) is 1. The van der Waals surface area contributed by atoms with Gasteiger partial charge < -0.3 is 18.9 Å². The first-order valence-corrected chi connectivity index (χ1v) is 17.8. The Bertz CT molecular complexity index is 627. The first kappa shape index (κ1) is 39.5. The van der Waals surface area contributed by atoms with Gasteiger partial charge in [-0.25, -0.2) is 4.57 Å². The minimum absolute atomic E-state index is 0.0927. The highest BCUT2D eigenvalue weighted by atomic mass is 31.2. The van der Waals surface area contributed by atoms with Crippen LogP contribution in [0.4, 0.5) is 0 Å². The number of likely N-dealkylation sites (N-methyl/N-ethyl adjacent to an activating group) is 1. The number of carbonyl (C=O) groups is 1. The smallest absolute Gasteiger partial charge is 0.457 e. The fourth-order valence-corrected chi connectivity index (χ4v) is 5.06. The molecule has 0 rings (SSSR count). The van der Waals surface area contributed by atoms with E-state index in [0.717, 1.165) is 32.1 Å². The number of ether oxygens (including phenoxy) is 2. The summed E-state index contributed by atoms with van der Waals surface area (Å²) in [5.41, 5.74) is 0. The zero-order chi connectivity index (χ0) is 30.0. The Kier molecular flexibility index (Phi) is 25.8. The molecule has 1 N–H and O–H groups in total. The fourth-order valence-electron chi connectivity index (χ4n) is 4.32. The first-order valence-electron chi connectivity index (χ1n) is 16.3. The van der Waals surface area contributed by atoms with Crippen LogP contribution in [0.5, 0.6) is 0 Å². The number of phosphoric acid groups is 1. The standard InChI is InChI=1S/C31H64NO7P/c1-6-8-10-12-14-16-17-19-21-23-26-36-28-30(29-38-40(34,35)37-27-25-32(3,4)5)39-31(33)24-22-20-18-15-13-11-9-7-2/h30H,6-29H2,1-5H3/p+1. The lowest BCUT2D eigenvalue weighted by atomic mass is 10.1. The Balaban J connectivity index is 4.35. The van der Waals surface area contributed by atoms with E-state index in [1.807, 2.05) is 21.1 Å². The molecule has 0 aromatic carbocycles. The van der Waals surface area contributed by atoms with Gasteiger partial charge in [-0.05, 0) is 12.8 Å². The second-order valence-corrected chi connectivity index (χ2v) is 13.7. The normalized spacial score (nSPS) is 14.2. The number of phosphoric ester groups is 1. The van der Waals surface area contributed by atoms with Crippen molar-refractivity contribution < 1.29 is 37.3 Å². The van der Waals surface area contributed by atoms with Crippen LogP contribution in [0.25, 0.3) is 0 Å². The van der Waals surface area contributed by atoms with Gasteiger partial charge in [0, 0.05) is 13.0 Å². The average Bonchev–Trinajstić information content (AvgIpc) is 2.88. The molecule has 0 heterocycles. The van der Waals surface area contributed by atoms with E-state index in [2.05, 4.69) is 13.8 Å². The van der Waals surface area contributed by atoms with Crippen molar-refractivity contribution in [1.29, 1.82) is 0 Å². The van der Waals surface area contributed by atoms with Gasteiger partial charge in [0.15, 0.2) is 0 Å². The number of carbonyl (C=O) groups excluding carboxylic acids is 1. The van der Waals surface area contributed by atoms with E-state index in [0.29, 0.717) is 24.1 Å². The fraction of sp³-hybridized carbons (Fsp3) is 0.968. The molecule has 0 saturated carbocycles. The van der Waals surface area contributed by atoms with Crippen LogP contribution in [-0.2, 0) is 27.9 Å². The molecule has 40 heavy (non-hydrogen) atoms. The molecule has 0 amide bonds. The third kappa shape index (κ3) is 29.0. The summed E-state index contributed by atoms with van der Waals surface area (Å²) >= 11 is 0. The number of unbranched alkanes of at least 4 members (excludes halogenated alkanes) is 16. The molecule has 0 bridgehead atoms. The van der Waals surface area contributed by atoms with Crippen molar-refractivity contribution in [3.8, 4) is 0 Å². The quantitative estimate of drug-likeness (QED) is 0.0388. The van der Waals surface area contributed by atoms with Crippen LogP contribution in [0.15, 0.2) is 0 Å². The Morgan fingerprint density at radius 1 is 0.675 bits per heavy atom. The molecule has 0 aromatic heterocycles. The molecule has 2 unspecified atom stereocenters. The van der Waals surface area contributed by atoms with E-state index in [1.54, 1.807) is 0 Å². The summed E-state index contributed by atoms with van der Waals surface area (Å²) in [6.45, 7) is 5.58. The summed E-state index contributed by atoms with van der Waals surface area (Å²) in [4.78, 5) is 22.5. The Hall–Kier alpha value is -0.500. The van der Waals surface area contributed by atoms with Gasteiger partial charge in [0.2, 0.25) is 0 Å². The highest BCUT2D eigenvalue weighted by Gasteiger charge is 2.26. The van der Waals surface area contributed by atoms with Crippen LogP contribution in [0, 0.1) is 0 Å². The third-order valence-corrected chi connectivity index (χ3v) is 7.90. The van der Waals surface area contributed by atoms with Gasteiger partial charge in [0.25, 0.3) is 0 Å². The van der Waals surface area contributed by atoms with Gasteiger partial charge in [-0.2, -0.15) is 0 Å². The third-order valence-electron chi connectivity index (χ3n) is 6.92. The molecule has 240 valence electrons. The van der Waals surface area contributed by atoms with Crippen LogP contribution in [0.2, 0.25) is 0 Å². The van der Waals surface area contributed by atoms with Gasteiger partial charge in [-0.15, -0.1) is 0 Å². The van der Waals surface area contributed by atoms with Crippen LogP contribution in [0.3, 0.4) is 0 Å². The monoisotopic (exact) mass is 594 g/mol. The van der Waals surface area contributed by atoms with Gasteiger partial charge >= 0.3 is 13.8 Å². The minimum Gasteiger partial charge on any atom is -0.457 e. The lowest BCUT2D eigenvalue weighted by Crippen LogP contribution is -2.37. The molecule has 0 spiro atoms. The molecule has 0 radical (unpaired) electrons. The Labute approximate surface area is 247 Å². The van der Waals surface area contributed by atoms with Crippen molar-refractivity contribution in [1.82, 2.24) is 0 Å². The van der Waals surface area contributed by atoms with E-state index < -0.39 is 13.9 Å². The lowest BCUT2D eigenvalue weighted by Gasteiger charge is -2.24. The molecule has 2 atom stereocenters. The van der Waals surface area contributed by atoms with Crippen molar-refractivity contribution >= 4 is 13.8 Å². The topological polar surface area (TPSA) is 91.3 Å². The zero-order valence-corrected chi connectivity index (χ0v) is 27.7. The maximum Gasteiger partial charge on any atom is 0.472 e. The van der Waals surface area contributed by atoms with Crippen molar-refractivity contribution in [3.05, 3.63) is 0 Å². The summed E-state index contributed by atoms with van der Waals surface area (Å²) in [6.07, 6.45) is 21.3. The second-order valence-electron chi connectivity index (χ2n) is 12.2. The summed E-state index contributed by atoms with van der Waals surface area (Å²) < 4.78 is 34.6. The van der Waals surface area contributed by atoms with E-state index in [9.17, 15) is 14.3 Å². The Morgan fingerprint density at radius 3 is 1.65 bits per heavy atom. The van der Waals surface area contributed by atoms with Gasteiger partial charge in [0.05, 0.1) is 34.4 Å². The van der Waals surface area contributed by atoms with Crippen molar-refractivity contribution in [2.45, 2.75) is 142 Å². The van der Waals surface area contributed by atoms with E-state index >= 15 is 0 Å². The van der Waals surface area contributed by atoms with Gasteiger partial charge in [-0.1, -0.05) is 117 Å². The number of quaternary nitrogens is 1. The summed E-state index contributed by atoms with van der Waals surface area (Å²) in [7, 11) is 1.67. The minimum atomic E-state index is -4.24. The highest BCUT2D eigenvalue weighted by molar-refractivity contribution is 7.47. The van der Waals surface area contributed by atoms with Crippen LogP contribution < -0.4 is 0 Å². The second kappa shape index (κ2) is 26.2. The predicted octanol–water partition coefficient (Wildman–Crippen LogP) is 8.21. The number of rotatable bonds is 30. The molecule has 0 fully saturated rings. The summed E-state index contributed by atoms with van der Waals surface area (Å²) in [6, 6.07) is 0. The predicted molar refractivity (Wildman–Crippen MR) is 164 cm³/mol. The highest BCUT2D eigenvalue weighted by Crippen LogP contribution is 2.43. The number of hydrogen-bond acceptors (Lipinski definition) is 6. The summed E-state index contributed by atoms with van der Waals surface area (Å²) in [5.74, 6) is -0.319. The molecule has 0 saturated heterocycles. The molecular weight excluding hydrogens is 529 g/mol. The molecule has 0 aliphatic heterocycles. The SMILES string of the molecule is CCCCCCCCCCCCOCC(COP(=O)(O)OCC[N+](C)(C)C)OC(=O)CCCCCCCCCC. The van der Waals surface area contributed by atoms with E-state index in [-0.39, 0.29) is 25.8 Å².